The highest BCUT2D eigenvalue weighted by molar-refractivity contribution is 6.02. The van der Waals surface area contributed by atoms with Crippen LogP contribution in [0.5, 0.6) is 17.2 Å². The Kier molecular flexibility index (Phi) is 6.77. The van der Waals surface area contributed by atoms with Gasteiger partial charge in [-0.05, 0) is 83.0 Å². The molecule has 2 aliphatic heterocycles. The molecule has 7 heteroatoms. The summed E-state index contributed by atoms with van der Waals surface area (Å²) in [6.07, 6.45) is 4.04. The van der Waals surface area contributed by atoms with Gasteiger partial charge in [0.15, 0.2) is 11.5 Å². The molecule has 38 heavy (non-hydrogen) atoms. The van der Waals surface area contributed by atoms with Gasteiger partial charge in [-0.2, -0.15) is 4.39 Å². The molecule has 0 bridgehead atoms. The van der Waals surface area contributed by atoms with Crippen LogP contribution in [0.25, 0.3) is 22.0 Å². The monoisotopic (exact) mass is 516 g/mol. The number of phenolic OH excluding ortho intramolecular Hbond substituents is 1. The fraction of sp³-hybridized carbons (Fsp3) is 0.290. The normalized spacial score (nSPS) is 17.9. The number of ether oxygens (including phenoxy) is 2. The average molecular weight is 517 g/mol. The Hall–Kier alpha value is -3.84. The topological polar surface area (TPSA) is 57.7 Å². The Labute approximate surface area is 220 Å². The van der Waals surface area contributed by atoms with Crippen molar-refractivity contribution in [3.8, 4) is 17.2 Å². The van der Waals surface area contributed by atoms with Crippen LogP contribution in [0.3, 0.4) is 0 Å². The van der Waals surface area contributed by atoms with E-state index in [2.05, 4.69) is 28.1 Å². The minimum Gasteiger partial charge on any atom is -0.505 e. The van der Waals surface area contributed by atoms with E-state index in [9.17, 15) is 9.50 Å². The fourth-order valence-corrected chi connectivity index (χ4v) is 5.56. The van der Waals surface area contributed by atoms with Crippen LogP contribution in [-0.2, 0) is 0 Å². The summed E-state index contributed by atoms with van der Waals surface area (Å²) in [6, 6.07) is 19.3. The molecule has 0 spiro atoms. The van der Waals surface area contributed by atoms with Gasteiger partial charge in [-0.1, -0.05) is 18.2 Å². The summed E-state index contributed by atoms with van der Waals surface area (Å²) in [7, 11) is 0. The molecule has 3 heterocycles. The van der Waals surface area contributed by atoms with E-state index in [1.54, 1.807) is 6.07 Å². The SMILES string of the molecule is Oc1ccc2c(c1F)OCCC(c1ccc3[nH]ccc3c1)=C2c1ccc(O[C@H]2CCN(CCCF)C2)cc1. The maximum atomic E-state index is 15.0. The summed E-state index contributed by atoms with van der Waals surface area (Å²) in [5.74, 6) is -0.344. The molecule has 2 N–H and O–H groups in total. The Morgan fingerprint density at radius 3 is 2.74 bits per heavy atom. The lowest BCUT2D eigenvalue weighted by molar-refractivity contribution is 0.198. The van der Waals surface area contributed by atoms with Crippen LogP contribution >= 0.6 is 0 Å². The van der Waals surface area contributed by atoms with Gasteiger partial charge in [0, 0.05) is 43.3 Å². The van der Waals surface area contributed by atoms with Crippen molar-refractivity contribution in [2.24, 2.45) is 0 Å². The van der Waals surface area contributed by atoms with E-state index in [1.165, 1.54) is 6.07 Å². The van der Waals surface area contributed by atoms with Crippen molar-refractivity contribution in [1.29, 1.82) is 0 Å². The minimum atomic E-state index is -0.749. The lowest BCUT2D eigenvalue weighted by atomic mass is 9.87. The summed E-state index contributed by atoms with van der Waals surface area (Å²) >= 11 is 0. The molecule has 0 unspecified atom stereocenters. The molecular weight excluding hydrogens is 486 g/mol. The number of rotatable bonds is 7. The first-order valence-electron chi connectivity index (χ1n) is 13.1. The first kappa shape index (κ1) is 24.5. The molecular formula is C31H30F2N2O3. The van der Waals surface area contributed by atoms with Gasteiger partial charge in [-0.15, -0.1) is 0 Å². The molecule has 1 aromatic heterocycles. The van der Waals surface area contributed by atoms with E-state index in [-0.39, 0.29) is 18.5 Å². The first-order valence-corrected chi connectivity index (χ1v) is 13.1. The van der Waals surface area contributed by atoms with Crippen LogP contribution in [0, 0.1) is 5.82 Å². The summed E-state index contributed by atoms with van der Waals surface area (Å²) in [6.45, 7) is 2.47. The van der Waals surface area contributed by atoms with Crippen LogP contribution in [0.15, 0.2) is 66.9 Å². The van der Waals surface area contributed by atoms with Crippen molar-refractivity contribution >= 4 is 22.0 Å². The van der Waals surface area contributed by atoms with Crippen LogP contribution in [0.4, 0.5) is 8.78 Å². The number of phenols is 1. The van der Waals surface area contributed by atoms with Gasteiger partial charge >= 0.3 is 0 Å². The first-order chi connectivity index (χ1) is 18.6. The molecule has 2 aliphatic rings. The van der Waals surface area contributed by atoms with Crippen molar-refractivity contribution < 1.29 is 23.4 Å². The number of H-pyrrole nitrogens is 1. The van der Waals surface area contributed by atoms with E-state index in [1.807, 2.05) is 36.5 Å². The second kappa shape index (κ2) is 10.5. The molecule has 1 fully saturated rings. The number of halogens is 2. The molecule has 0 saturated carbocycles. The molecule has 1 atom stereocenters. The zero-order valence-electron chi connectivity index (χ0n) is 21.1. The minimum absolute atomic E-state index is 0.0670. The molecule has 6 rings (SSSR count). The highest BCUT2D eigenvalue weighted by Crippen LogP contribution is 2.44. The Morgan fingerprint density at radius 1 is 1.05 bits per heavy atom. The summed E-state index contributed by atoms with van der Waals surface area (Å²) in [5.41, 5.74) is 5.52. The highest BCUT2D eigenvalue weighted by Gasteiger charge is 2.26. The molecule has 1 saturated heterocycles. The number of aromatic amines is 1. The molecule has 0 aliphatic carbocycles. The van der Waals surface area contributed by atoms with Crippen molar-refractivity contribution in [2.45, 2.75) is 25.4 Å². The molecule has 196 valence electrons. The largest absolute Gasteiger partial charge is 0.505 e. The maximum absolute atomic E-state index is 15.0. The van der Waals surface area contributed by atoms with Crippen LogP contribution < -0.4 is 9.47 Å². The van der Waals surface area contributed by atoms with Crippen molar-refractivity contribution in [3.63, 3.8) is 0 Å². The number of hydrogen-bond acceptors (Lipinski definition) is 4. The van der Waals surface area contributed by atoms with Crippen LogP contribution in [0.2, 0.25) is 0 Å². The third-order valence-corrected chi connectivity index (χ3v) is 7.43. The predicted molar refractivity (Wildman–Crippen MR) is 145 cm³/mol. The van der Waals surface area contributed by atoms with Gasteiger partial charge in [0.25, 0.3) is 0 Å². The van der Waals surface area contributed by atoms with Gasteiger partial charge < -0.3 is 19.6 Å². The Balaban J connectivity index is 1.37. The fourth-order valence-electron chi connectivity index (χ4n) is 5.56. The van der Waals surface area contributed by atoms with Crippen molar-refractivity contribution in [3.05, 3.63) is 89.4 Å². The number of likely N-dealkylation sites (tertiary alicyclic amines) is 1. The van der Waals surface area contributed by atoms with E-state index >= 15 is 4.39 Å². The number of aromatic nitrogens is 1. The van der Waals surface area contributed by atoms with E-state index < -0.39 is 11.6 Å². The number of benzene rings is 3. The Morgan fingerprint density at radius 2 is 1.89 bits per heavy atom. The second-order valence-electron chi connectivity index (χ2n) is 9.90. The molecule has 3 aromatic carbocycles. The van der Waals surface area contributed by atoms with Gasteiger partial charge in [0.1, 0.15) is 11.9 Å². The van der Waals surface area contributed by atoms with E-state index in [0.29, 0.717) is 25.0 Å². The predicted octanol–water partition coefficient (Wildman–Crippen LogP) is 6.57. The van der Waals surface area contributed by atoms with Gasteiger partial charge in [0.05, 0.1) is 13.3 Å². The summed E-state index contributed by atoms with van der Waals surface area (Å²) in [4.78, 5) is 5.47. The van der Waals surface area contributed by atoms with Crippen molar-refractivity contribution in [2.75, 3.05) is 32.9 Å². The van der Waals surface area contributed by atoms with Gasteiger partial charge in [0.2, 0.25) is 5.82 Å². The number of nitrogens with one attached hydrogen (secondary N) is 1. The highest BCUT2D eigenvalue weighted by atomic mass is 19.1. The average Bonchev–Trinajstić information content (AvgIpc) is 3.55. The van der Waals surface area contributed by atoms with Crippen molar-refractivity contribution in [1.82, 2.24) is 9.88 Å². The third kappa shape index (κ3) is 4.74. The van der Waals surface area contributed by atoms with E-state index in [4.69, 9.17) is 9.47 Å². The van der Waals surface area contributed by atoms with Crippen LogP contribution in [0.1, 0.15) is 36.0 Å². The number of alkyl halides is 1. The number of nitrogens with zero attached hydrogens (tertiary/aromatic N) is 1. The second-order valence-corrected chi connectivity index (χ2v) is 9.90. The maximum Gasteiger partial charge on any atom is 0.207 e. The quantitative estimate of drug-likeness (QED) is 0.292. The lowest BCUT2D eigenvalue weighted by Gasteiger charge is -2.18. The zero-order chi connectivity index (χ0) is 26.1. The molecule has 5 nitrogen and oxygen atoms in total. The summed E-state index contributed by atoms with van der Waals surface area (Å²) < 4.78 is 39.6. The molecule has 4 aromatic rings. The molecule has 0 radical (unpaired) electrons. The smallest absolute Gasteiger partial charge is 0.207 e. The Bertz CT molecular complexity index is 1480. The lowest BCUT2D eigenvalue weighted by Crippen LogP contribution is -2.26. The standard InChI is InChI=1S/C31H30F2N2O3/c32-13-1-15-35-16-11-24(19-35)38-23-5-2-20(3-6-23)29-25(21-4-8-27-22(18-21)10-14-34-27)12-17-37-31-26(29)7-9-28(36)30(31)33/h2-10,14,18,24,34,36H,1,11-13,15-17,19H2/t24-/m0/s1. The number of fused-ring (bicyclic) bond motifs is 2. The zero-order valence-corrected chi connectivity index (χ0v) is 21.1. The molecule has 0 amide bonds. The third-order valence-electron chi connectivity index (χ3n) is 7.43. The van der Waals surface area contributed by atoms with E-state index in [0.717, 1.165) is 65.0 Å². The van der Waals surface area contributed by atoms with Gasteiger partial charge in [-0.3, -0.25) is 9.29 Å². The van der Waals surface area contributed by atoms with Crippen LogP contribution in [-0.4, -0.2) is 54.0 Å². The number of aromatic hydroxyl groups is 1. The van der Waals surface area contributed by atoms with Gasteiger partial charge in [-0.25, -0.2) is 0 Å². The summed E-state index contributed by atoms with van der Waals surface area (Å²) in [5, 5.41) is 11.1. The number of hydrogen-bond donors (Lipinski definition) is 2.